The highest BCUT2D eigenvalue weighted by molar-refractivity contribution is 6.82. The number of benzene rings is 3. The molecule has 2 heterocycles. The fourth-order valence-electron chi connectivity index (χ4n) is 5.06. The molecule has 2 aliphatic rings. The van der Waals surface area contributed by atoms with Crippen LogP contribution in [0.2, 0.25) is 12.6 Å². The van der Waals surface area contributed by atoms with Crippen molar-refractivity contribution < 1.29 is 0 Å². The van der Waals surface area contributed by atoms with Gasteiger partial charge in [-0.15, -0.1) is 0 Å². The average Bonchev–Trinajstić information content (AvgIpc) is 3.44. The molecule has 1 fully saturated rings. The molecule has 2 heteroatoms. The molecule has 0 spiro atoms. The molecule has 1 aliphatic carbocycles. The Morgan fingerprint density at radius 3 is 2.37 bits per heavy atom. The third-order valence-corrected chi connectivity index (χ3v) is 6.52. The van der Waals surface area contributed by atoms with Crippen molar-refractivity contribution in [3.63, 3.8) is 0 Å². The van der Waals surface area contributed by atoms with Crippen molar-refractivity contribution in [2.45, 2.75) is 31.9 Å². The maximum atomic E-state index is 2.49. The lowest BCUT2D eigenvalue weighted by atomic mass is 9.63. The molecule has 0 atom stereocenters. The SMILES string of the molecule is CC1(C)c2ccc(B3CC3)cc2-c2c1n(-c1ccccc1)c1ccccc21. The second-order valence-corrected chi connectivity index (χ2v) is 8.62. The van der Waals surface area contributed by atoms with Gasteiger partial charge in [-0.05, 0) is 29.3 Å². The van der Waals surface area contributed by atoms with Gasteiger partial charge >= 0.3 is 0 Å². The van der Waals surface area contributed by atoms with Gasteiger partial charge in [0, 0.05) is 27.7 Å². The van der Waals surface area contributed by atoms with Gasteiger partial charge in [-0.3, -0.25) is 0 Å². The summed E-state index contributed by atoms with van der Waals surface area (Å²) in [5.74, 6) is 0. The van der Waals surface area contributed by atoms with Crippen LogP contribution >= 0.6 is 0 Å². The topological polar surface area (TPSA) is 4.93 Å². The van der Waals surface area contributed by atoms with Gasteiger partial charge < -0.3 is 4.57 Å². The number of fused-ring (bicyclic) bond motifs is 5. The van der Waals surface area contributed by atoms with Crippen molar-refractivity contribution in [3.05, 3.63) is 84.1 Å². The molecule has 3 aromatic carbocycles. The molecule has 0 saturated carbocycles. The van der Waals surface area contributed by atoms with E-state index < -0.39 is 0 Å². The molecule has 6 rings (SSSR count). The lowest BCUT2D eigenvalue weighted by Gasteiger charge is -2.24. The Labute approximate surface area is 160 Å². The van der Waals surface area contributed by atoms with Crippen molar-refractivity contribution in [3.8, 4) is 16.8 Å². The molecule has 0 radical (unpaired) electrons. The van der Waals surface area contributed by atoms with Crippen LogP contribution in [0, 0.1) is 0 Å². The molecule has 0 amide bonds. The molecule has 1 nitrogen and oxygen atoms in total. The Morgan fingerprint density at radius 1 is 0.852 bits per heavy atom. The van der Waals surface area contributed by atoms with E-state index in [1.54, 1.807) is 0 Å². The first-order valence-corrected chi connectivity index (χ1v) is 10.0. The number of aromatic nitrogens is 1. The number of nitrogens with zero attached hydrogens (tertiary/aromatic N) is 1. The summed E-state index contributed by atoms with van der Waals surface area (Å²) in [7, 11) is 0. The van der Waals surface area contributed by atoms with Crippen LogP contribution in [0.25, 0.3) is 27.7 Å². The summed E-state index contributed by atoms with van der Waals surface area (Å²) in [6.07, 6.45) is 2.70. The van der Waals surface area contributed by atoms with Crippen LogP contribution in [0.3, 0.4) is 0 Å². The van der Waals surface area contributed by atoms with Crippen LogP contribution in [0.4, 0.5) is 0 Å². The second kappa shape index (κ2) is 5.16. The molecular formula is C25H22BN. The fourth-order valence-corrected chi connectivity index (χ4v) is 5.06. The van der Waals surface area contributed by atoms with Gasteiger partial charge in [0.25, 0.3) is 0 Å². The number of hydrogen-bond acceptors (Lipinski definition) is 0. The molecule has 0 N–H and O–H groups in total. The summed E-state index contributed by atoms with van der Waals surface area (Å²) in [5, 5.41) is 1.37. The lowest BCUT2D eigenvalue weighted by molar-refractivity contribution is 0.624. The van der Waals surface area contributed by atoms with Crippen LogP contribution in [-0.4, -0.2) is 11.3 Å². The Bertz CT molecular complexity index is 1200. The van der Waals surface area contributed by atoms with Crippen molar-refractivity contribution in [2.75, 3.05) is 0 Å². The third kappa shape index (κ3) is 2.01. The van der Waals surface area contributed by atoms with Gasteiger partial charge in [0.15, 0.2) is 6.71 Å². The quantitative estimate of drug-likeness (QED) is 0.413. The highest BCUT2D eigenvalue weighted by Gasteiger charge is 2.41. The molecule has 1 aliphatic heterocycles. The normalized spacial score (nSPS) is 16.4. The van der Waals surface area contributed by atoms with E-state index in [1.807, 2.05) is 0 Å². The molecule has 1 saturated heterocycles. The van der Waals surface area contributed by atoms with Gasteiger partial charge in [-0.2, -0.15) is 0 Å². The zero-order chi connectivity index (χ0) is 18.2. The van der Waals surface area contributed by atoms with Gasteiger partial charge in [-0.25, -0.2) is 0 Å². The van der Waals surface area contributed by atoms with E-state index in [-0.39, 0.29) is 5.41 Å². The predicted molar refractivity (Wildman–Crippen MR) is 116 cm³/mol. The first-order chi connectivity index (χ1) is 13.2. The molecule has 27 heavy (non-hydrogen) atoms. The van der Waals surface area contributed by atoms with Gasteiger partial charge in [-0.1, -0.05) is 86.5 Å². The Kier molecular flexibility index (Phi) is 2.93. The Morgan fingerprint density at radius 2 is 1.59 bits per heavy atom. The summed E-state index contributed by atoms with van der Waals surface area (Å²) < 4.78 is 2.49. The molecule has 130 valence electrons. The standard InChI is InChI=1S/C25H22BN/c1-25(2)21-13-12-17(26-14-15-26)16-20(21)23-19-10-6-7-11-22(19)27(24(23)25)18-8-4-3-5-9-18/h3-13,16H,14-15H2,1-2H3. The van der Waals surface area contributed by atoms with Crippen molar-refractivity contribution in [1.29, 1.82) is 0 Å². The van der Waals surface area contributed by atoms with Gasteiger partial charge in [0.2, 0.25) is 0 Å². The summed E-state index contributed by atoms with van der Waals surface area (Å²) in [6, 6.07) is 27.0. The van der Waals surface area contributed by atoms with Crippen molar-refractivity contribution in [2.24, 2.45) is 0 Å². The fraction of sp³-hybridized carbons (Fsp3) is 0.200. The van der Waals surface area contributed by atoms with E-state index in [1.165, 1.54) is 57.1 Å². The van der Waals surface area contributed by atoms with Gasteiger partial charge in [0.1, 0.15) is 0 Å². The molecular weight excluding hydrogens is 325 g/mol. The molecule has 0 bridgehead atoms. The van der Waals surface area contributed by atoms with Crippen LogP contribution in [0.5, 0.6) is 0 Å². The number of para-hydroxylation sites is 2. The van der Waals surface area contributed by atoms with Crippen LogP contribution < -0.4 is 5.46 Å². The van der Waals surface area contributed by atoms with Crippen LogP contribution in [0.15, 0.2) is 72.8 Å². The molecule has 0 unspecified atom stereocenters. The zero-order valence-corrected chi connectivity index (χ0v) is 15.9. The van der Waals surface area contributed by atoms with E-state index in [9.17, 15) is 0 Å². The average molecular weight is 347 g/mol. The first kappa shape index (κ1) is 15.3. The van der Waals surface area contributed by atoms with Crippen molar-refractivity contribution >= 4 is 23.1 Å². The molecule has 1 aromatic heterocycles. The lowest BCUT2D eigenvalue weighted by Crippen LogP contribution is -2.21. The number of hydrogen-bond donors (Lipinski definition) is 0. The summed E-state index contributed by atoms with van der Waals surface area (Å²) >= 11 is 0. The zero-order valence-electron chi connectivity index (χ0n) is 15.9. The summed E-state index contributed by atoms with van der Waals surface area (Å²) in [5.41, 5.74) is 9.85. The highest BCUT2D eigenvalue weighted by Crippen LogP contribution is 2.53. The third-order valence-electron chi connectivity index (χ3n) is 6.52. The van der Waals surface area contributed by atoms with Crippen LogP contribution in [0.1, 0.15) is 25.1 Å². The minimum Gasteiger partial charge on any atom is -0.312 e. The van der Waals surface area contributed by atoms with E-state index in [0.29, 0.717) is 0 Å². The van der Waals surface area contributed by atoms with Crippen molar-refractivity contribution in [1.82, 2.24) is 4.57 Å². The molecule has 4 aromatic rings. The maximum Gasteiger partial charge on any atom is 0.174 e. The Hall–Kier alpha value is -2.74. The van der Waals surface area contributed by atoms with E-state index >= 15 is 0 Å². The predicted octanol–water partition coefficient (Wildman–Crippen LogP) is 5.65. The van der Waals surface area contributed by atoms with Crippen LogP contribution in [-0.2, 0) is 5.41 Å². The van der Waals surface area contributed by atoms with E-state index in [4.69, 9.17) is 0 Å². The maximum absolute atomic E-state index is 2.49. The van der Waals surface area contributed by atoms with E-state index in [0.717, 1.165) is 6.71 Å². The highest BCUT2D eigenvalue weighted by atomic mass is 15.0. The minimum atomic E-state index is -0.0123. The second-order valence-electron chi connectivity index (χ2n) is 8.62. The van der Waals surface area contributed by atoms with E-state index in [2.05, 4.69) is 91.2 Å². The number of rotatable bonds is 2. The summed E-state index contributed by atoms with van der Waals surface area (Å²) in [6.45, 7) is 5.55. The monoisotopic (exact) mass is 347 g/mol. The largest absolute Gasteiger partial charge is 0.312 e. The minimum absolute atomic E-state index is 0.0123. The summed E-state index contributed by atoms with van der Waals surface area (Å²) in [4.78, 5) is 0. The first-order valence-electron chi connectivity index (χ1n) is 10.0. The smallest absolute Gasteiger partial charge is 0.174 e. The van der Waals surface area contributed by atoms with Gasteiger partial charge in [0.05, 0.1) is 5.52 Å². The Balaban J connectivity index is 1.75.